The Morgan fingerprint density at radius 1 is 1.42 bits per heavy atom. The maximum absolute atomic E-state index is 10.9. The minimum absolute atomic E-state index is 0. The third-order valence-electron chi connectivity index (χ3n) is 1.51. The number of hydrogen-bond donors (Lipinski definition) is 1. The second-order valence-electron chi connectivity index (χ2n) is 2.15. The summed E-state index contributed by atoms with van der Waals surface area (Å²) in [6.07, 6.45) is 0. The molecule has 1 aliphatic rings. The predicted molar refractivity (Wildman–Crippen MR) is 50.3 cm³/mol. The van der Waals surface area contributed by atoms with Crippen molar-refractivity contribution in [3.05, 3.63) is 0 Å². The van der Waals surface area contributed by atoms with Gasteiger partial charge in [0.05, 0.1) is 13.2 Å². The topological polar surface area (TPSA) is 41.6 Å². The van der Waals surface area contributed by atoms with Crippen LogP contribution in [0.1, 0.15) is 15.3 Å². The van der Waals surface area contributed by atoms with Crippen LogP contribution < -0.4 is 5.32 Å². The summed E-state index contributed by atoms with van der Waals surface area (Å²) in [5, 5.41) is 2.57. The van der Waals surface area contributed by atoms with Crippen molar-refractivity contribution < 1.29 is 11.0 Å². The summed E-state index contributed by atoms with van der Waals surface area (Å²) in [6, 6.07) is -0.0108. The second-order valence-corrected chi connectivity index (χ2v) is 2.15. The summed E-state index contributed by atoms with van der Waals surface area (Å²) in [6.45, 7) is 6.74. The van der Waals surface area contributed by atoms with Crippen LogP contribution in [0.25, 0.3) is 0 Å². The van der Waals surface area contributed by atoms with E-state index in [9.17, 15) is 4.79 Å². The van der Waals surface area contributed by atoms with E-state index in [1.807, 2.05) is 13.8 Å². The molecule has 4 heteroatoms. The summed E-state index contributed by atoms with van der Waals surface area (Å²) in [4.78, 5) is 12.7. The minimum atomic E-state index is -0.0108. The van der Waals surface area contributed by atoms with E-state index in [4.69, 9.17) is 4.74 Å². The number of rotatable bonds is 0. The Balaban J connectivity index is 0. The molecule has 0 spiro atoms. The van der Waals surface area contributed by atoms with E-state index < -0.39 is 0 Å². The smallest absolute Gasteiger partial charge is 0.317 e. The average molecular weight is 176 g/mol. The number of nitrogens with one attached hydrogen (secondary N) is 1. The first-order valence-corrected chi connectivity index (χ1v) is 4.39. The van der Waals surface area contributed by atoms with Crippen molar-refractivity contribution >= 4 is 6.03 Å². The van der Waals surface area contributed by atoms with Crippen molar-refractivity contribution in [1.82, 2.24) is 10.2 Å². The zero-order valence-electron chi connectivity index (χ0n) is 8.09. The average Bonchev–Trinajstić information content (AvgIpc) is 2.21. The Hall–Kier alpha value is -0.770. The molecule has 74 valence electrons. The van der Waals surface area contributed by atoms with Crippen molar-refractivity contribution in [2.24, 2.45) is 0 Å². The van der Waals surface area contributed by atoms with E-state index in [1.165, 1.54) is 0 Å². The second kappa shape index (κ2) is 6.91. The Bertz CT molecular complexity index is 127. The van der Waals surface area contributed by atoms with Crippen molar-refractivity contribution in [2.75, 3.05) is 33.4 Å². The molecule has 12 heavy (non-hydrogen) atoms. The Morgan fingerprint density at radius 3 is 2.33 bits per heavy atom. The van der Waals surface area contributed by atoms with E-state index in [1.54, 1.807) is 11.9 Å². The molecule has 2 amide bonds. The molecule has 1 N–H and O–H groups in total. The first-order chi connectivity index (χ1) is 5.84. The van der Waals surface area contributed by atoms with Gasteiger partial charge in [0.15, 0.2) is 0 Å². The van der Waals surface area contributed by atoms with Gasteiger partial charge in [0, 0.05) is 21.6 Å². The normalized spacial score (nSPS) is 16.1. The van der Waals surface area contributed by atoms with E-state index >= 15 is 0 Å². The molecular formula is C8H20N2O2. The van der Waals surface area contributed by atoms with E-state index in [2.05, 4.69) is 5.32 Å². The van der Waals surface area contributed by atoms with Crippen LogP contribution in [0.3, 0.4) is 0 Å². The Kier molecular flexibility index (Phi) is 6.47. The minimum Gasteiger partial charge on any atom is -0.378 e. The SMILES string of the molecule is CC.CNC(=O)N1CCOCC1.[HH]. The van der Waals surface area contributed by atoms with Crippen molar-refractivity contribution in [2.45, 2.75) is 13.8 Å². The third-order valence-corrected chi connectivity index (χ3v) is 1.51. The first-order valence-electron chi connectivity index (χ1n) is 4.39. The largest absolute Gasteiger partial charge is 0.378 e. The van der Waals surface area contributed by atoms with Crippen LogP contribution in [-0.2, 0) is 4.74 Å². The van der Waals surface area contributed by atoms with Crippen LogP contribution in [0.4, 0.5) is 4.79 Å². The molecule has 0 saturated carbocycles. The van der Waals surface area contributed by atoms with Crippen molar-refractivity contribution in [3.8, 4) is 0 Å². The summed E-state index contributed by atoms with van der Waals surface area (Å²) >= 11 is 0. The number of morpholine rings is 1. The number of amides is 2. The highest BCUT2D eigenvalue weighted by molar-refractivity contribution is 5.73. The predicted octanol–water partition coefficient (Wildman–Crippen LogP) is 0.930. The van der Waals surface area contributed by atoms with Gasteiger partial charge < -0.3 is 15.0 Å². The molecule has 0 aliphatic carbocycles. The number of hydrogen-bond acceptors (Lipinski definition) is 2. The fourth-order valence-electron chi connectivity index (χ4n) is 0.925. The molecule has 0 atom stereocenters. The maximum Gasteiger partial charge on any atom is 0.317 e. The van der Waals surface area contributed by atoms with Crippen molar-refractivity contribution in [1.29, 1.82) is 0 Å². The van der Waals surface area contributed by atoms with Gasteiger partial charge in [-0.05, 0) is 0 Å². The highest BCUT2D eigenvalue weighted by atomic mass is 16.5. The quantitative estimate of drug-likeness (QED) is 0.596. The van der Waals surface area contributed by atoms with Gasteiger partial charge in [-0.25, -0.2) is 4.79 Å². The van der Waals surface area contributed by atoms with E-state index in [-0.39, 0.29) is 7.46 Å². The lowest BCUT2D eigenvalue weighted by atomic mass is 10.4. The lowest BCUT2D eigenvalue weighted by Crippen LogP contribution is -2.44. The zero-order valence-corrected chi connectivity index (χ0v) is 8.09. The standard InChI is InChI=1S/C6H12N2O2.C2H6.H2/c1-7-6(9)8-2-4-10-5-3-8;1-2;/h2-5H2,1H3,(H,7,9);1-2H3;1H. The van der Waals surface area contributed by atoms with Gasteiger partial charge in [-0.1, -0.05) is 13.8 Å². The molecule has 0 unspecified atom stereocenters. The number of nitrogens with zero attached hydrogens (tertiary/aromatic N) is 1. The lowest BCUT2D eigenvalue weighted by molar-refractivity contribution is 0.0537. The molecule has 0 aromatic heterocycles. The van der Waals surface area contributed by atoms with Gasteiger partial charge in [-0.15, -0.1) is 0 Å². The third kappa shape index (κ3) is 3.57. The molecule has 0 bridgehead atoms. The highest BCUT2D eigenvalue weighted by Crippen LogP contribution is 1.95. The van der Waals surface area contributed by atoms with Gasteiger partial charge in [-0.3, -0.25) is 0 Å². The van der Waals surface area contributed by atoms with Crippen LogP contribution in [0.15, 0.2) is 0 Å². The summed E-state index contributed by atoms with van der Waals surface area (Å²) < 4.78 is 5.07. The Morgan fingerprint density at radius 2 is 1.92 bits per heavy atom. The highest BCUT2D eigenvalue weighted by Gasteiger charge is 2.14. The van der Waals surface area contributed by atoms with E-state index in [0.717, 1.165) is 0 Å². The van der Waals surface area contributed by atoms with Crippen LogP contribution in [-0.4, -0.2) is 44.3 Å². The number of ether oxygens (including phenoxy) is 1. The number of urea groups is 1. The summed E-state index contributed by atoms with van der Waals surface area (Å²) in [7, 11) is 1.64. The zero-order chi connectivity index (χ0) is 9.40. The lowest BCUT2D eigenvalue weighted by Gasteiger charge is -2.26. The molecule has 0 aromatic carbocycles. The van der Waals surface area contributed by atoms with Crippen LogP contribution in [0.5, 0.6) is 0 Å². The van der Waals surface area contributed by atoms with Crippen LogP contribution in [0, 0.1) is 0 Å². The molecular weight excluding hydrogens is 156 g/mol. The molecule has 1 rings (SSSR count). The van der Waals surface area contributed by atoms with Gasteiger partial charge in [0.25, 0.3) is 0 Å². The van der Waals surface area contributed by atoms with Crippen LogP contribution in [0.2, 0.25) is 0 Å². The molecule has 4 nitrogen and oxygen atoms in total. The van der Waals surface area contributed by atoms with Gasteiger partial charge in [-0.2, -0.15) is 0 Å². The van der Waals surface area contributed by atoms with Crippen molar-refractivity contribution in [3.63, 3.8) is 0 Å². The maximum atomic E-state index is 10.9. The first kappa shape index (κ1) is 11.2. The number of carbonyl (C=O) groups excluding carboxylic acids is 1. The molecule has 1 saturated heterocycles. The fourth-order valence-corrected chi connectivity index (χ4v) is 0.925. The van der Waals surface area contributed by atoms with Gasteiger partial charge in [0.1, 0.15) is 0 Å². The van der Waals surface area contributed by atoms with Gasteiger partial charge in [0.2, 0.25) is 0 Å². The molecule has 1 heterocycles. The number of carbonyl (C=O) groups is 1. The monoisotopic (exact) mass is 176 g/mol. The van der Waals surface area contributed by atoms with E-state index in [0.29, 0.717) is 26.3 Å². The fraction of sp³-hybridized carbons (Fsp3) is 0.875. The molecule has 0 radical (unpaired) electrons. The molecule has 0 aromatic rings. The Labute approximate surface area is 75.4 Å². The van der Waals surface area contributed by atoms with Crippen LogP contribution >= 0.6 is 0 Å². The summed E-state index contributed by atoms with van der Waals surface area (Å²) in [5.41, 5.74) is 0. The van der Waals surface area contributed by atoms with Gasteiger partial charge >= 0.3 is 6.03 Å². The molecule has 1 fully saturated rings. The summed E-state index contributed by atoms with van der Waals surface area (Å²) in [5.74, 6) is 0. The molecule has 1 aliphatic heterocycles.